The normalized spacial score (nSPS) is 11.7. The first-order valence-electron chi connectivity index (χ1n) is 8.88. The summed E-state index contributed by atoms with van der Waals surface area (Å²) in [5.74, 6) is -0.217. The summed E-state index contributed by atoms with van der Waals surface area (Å²) in [5.41, 5.74) is 4.99. The maximum Gasteiger partial charge on any atom is 0.258 e. The van der Waals surface area contributed by atoms with E-state index in [1.54, 1.807) is 36.7 Å². The van der Waals surface area contributed by atoms with Crippen LogP contribution in [-0.4, -0.2) is 24.3 Å². The molecule has 0 bridgehead atoms. The van der Waals surface area contributed by atoms with Crippen molar-refractivity contribution in [1.82, 2.24) is 10.7 Å². The van der Waals surface area contributed by atoms with Crippen LogP contribution in [-0.2, 0) is 0 Å². The number of nitrogens with zero attached hydrogens (tertiary/aromatic N) is 3. The Bertz CT molecular complexity index is 1060. The van der Waals surface area contributed by atoms with Crippen LogP contribution in [0.2, 0.25) is 0 Å². The van der Waals surface area contributed by atoms with Crippen molar-refractivity contribution in [3.05, 3.63) is 104 Å². The predicted octanol–water partition coefficient (Wildman–Crippen LogP) is 4.96. The Kier molecular flexibility index (Phi) is 8.05. The highest BCUT2D eigenvalue weighted by molar-refractivity contribution is 9.10. The van der Waals surface area contributed by atoms with Crippen LogP contribution in [0.3, 0.4) is 0 Å². The Balaban J connectivity index is 1.73. The first-order chi connectivity index (χ1) is 14.6. The first-order valence-corrected chi connectivity index (χ1v) is 10.5. The molecule has 3 rings (SSSR count). The number of amides is 1. The number of benzene rings is 3. The fourth-order valence-electron chi connectivity index (χ4n) is 2.26. The first kappa shape index (κ1) is 21.6. The van der Waals surface area contributed by atoms with Crippen LogP contribution in [0.5, 0.6) is 0 Å². The molecule has 1 amide bonds. The summed E-state index contributed by atoms with van der Waals surface area (Å²) in [7, 11) is 0. The predicted molar refractivity (Wildman–Crippen MR) is 128 cm³/mol. The molecule has 8 heteroatoms. The fraction of sp³-hybridized carbons (Fsp3) is 0. The molecule has 0 spiro atoms. The van der Waals surface area contributed by atoms with E-state index < -0.39 is 0 Å². The zero-order chi connectivity index (χ0) is 21.2. The van der Waals surface area contributed by atoms with Gasteiger partial charge in [-0.15, -0.1) is 5.10 Å². The van der Waals surface area contributed by atoms with Crippen LogP contribution >= 0.6 is 31.9 Å². The van der Waals surface area contributed by atoms with Crippen LogP contribution in [0.4, 0.5) is 0 Å². The summed E-state index contributed by atoms with van der Waals surface area (Å²) in [6.45, 7) is 0. The van der Waals surface area contributed by atoms with E-state index in [4.69, 9.17) is 0 Å². The minimum absolute atomic E-state index is 0.102. The van der Waals surface area contributed by atoms with Gasteiger partial charge in [0.15, 0.2) is 0 Å². The average Bonchev–Trinajstić information content (AvgIpc) is 2.77. The molecule has 3 aromatic carbocycles. The van der Waals surface area contributed by atoms with Crippen molar-refractivity contribution in [1.29, 1.82) is 0 Å². The summed E-state index contributed by atoms with van der Waals surface area (Å²) in [4.78, 5) is 12.5. The van der Waals surface area contributed by atoms with Gasteiger partial charge in [0.2, 0.25) is 5.96 Å². The standard InChI is InChI=1S/C22H17Br2N5O/c23-19-10-6-16(7-11-19)14-25-28-22(27-21(30)18-4-2-1-3-5-18)29-26-15-17-8-12-20(24)13-9-17/h1-15H,(H2,27,28,29,30). The van der Waals surface area contributed by atoms with E-state index >= 15 is 0 Å². The molecule has 0 aliphatic rings. The van der Waals surface area contributed by atoms with Crippen molar-refractivity contribution < 1.29 is 4.79 Å². The Morgan fingerprint density at radius 1 is 0.767 bits per heavy atom. The Morgan fingerprint density at radius 2 is 1.33 bits per heavy atom. The molecule has 0 atom stereocenters. The maximum absolute atomic E-state index is 12.5. The molecule has 3 aromatic rings. The molecular formula is C22H17Br2N5O. The zero-order valence-electron chi connectivity index (χ0n) is 15.7. The summed E-state index contributed by atoms with van der Waals surface area (Å²) in [5, 5.41) is 14.9. The van der Waals surface area contributed by atoms with Crippen LogP contribution in [0.1, 0.15) is 21.5 Å². The van der Waals surface area contributed by atoms with Gasteiger partial charge in [0, 0.05) is 14.5 Å². The van der Waals surface area contributed by atoms with Crippen molar-refractivity contribution in [2.75, 3.05) is 0 Å². The SMILES string of the molecule is O=C(NC(=NN=Cc1ccc(Br)cc1)NN=Cc1ccc(Br)cc1)c1ccccc1. The third-order valence-corrected chi connectivity index (χ3v) is 4.81. The van der Waals surface area contributed by atoms with E-state index in [1.807, 2.05) is 54.6 Å². The van der Waals surface area contributed by atoms with E-state index in [1.165, 1.54) is 0 Å². The molecule has 0 saturated carbocycles. The van der Waals surface area contributed by atoms with Gasteiger partial charge in [-0.3, -0.25) is 10.1 Å². The summed E-state index contributed by atoms with van der Waals surface area (Å²) >= 11 is 6.78. The molecule has 2 N–H and O–H groups in total. The summed E-state index contributed by atoms with van der Waals surface area (Å²) < 4.78 is 1.95. The van der Waals surface area contributed by atoms with Gasteiger partial charge in [0.05, 0.1) is 12.4 Å². The molecule has 0 aromatic heterocycles. The monoisotopic (exact) mass is 525 g/mol. The van der Waals surface area contributed by atoms with Crippen molar-refractivity contribution in [2.45, 2.75) is 0 Å². The molecule has 0 aliphatic carbocycles. The van der Waals surface area contributed by atoms with E-state index in [2.05, 4.69) is 57.9 Å². The lowest BCUT2D eigenvalue weighted by Gasteiger charge is -2.06. The number of carbonyl (C=O) groups excluding carboxylic acids is 1. The van der Waals surface area contributed by atoms with Gasteiger partial charge in [-0.2, -0.15) is 10.2 Å². The molecule has 0 aliphatic heterocycles. The highest BCUT2D eigenvalue weighted by Crippen LogP contribution is 2.09. The third-order valence-electron chi connectivity index (χ3n) is 3.76. The highest BCUT2D eigenvalue weighted by atomic mass is 79.9. The Morgan fingerprint density at radius 3 is 1.93 bits per heavy atom. The highest BCUT2D eigenvalue weighted by Gasteiger charge is 2.07. The number of hydrogen-bond donors (Lipinski definition) is 2. The molecule has 0 unspecified atom stereocenters. The number of hydrogen-bond acceptors (Lipinski definition) is 4. The maximum atomic E-state index is 12.5. The molecule has 150 valence electrons. The van der Waals surface area contributed by atoms with Gasteiger partial charge < -0.3 is 0 Å². The second-order valence-electron chi connectivity index (χ2n) is 5.99. The number of nitrogens with one attached hydrogen (secondary N) is 2. The minimum Gasteiger partial charge on any atom is -0.290 e. The van der Waals surface area contributed by atoms with Crippen molar-refractivity contribution in [3.63, 3.8) is 0 Å². The van der Waals surface area contributed by atoms with Gasteiger partial charge in [-0.1, -0.05) is 74.3 Å². The molecule has 30 heavy (non-hydrogen) atoms. The van der Waals surface area contributed by atoms with Crippen molar-refractivity contribution >= 4 is 56.2 Å². The van der Waals surface area contributed by atoms with Crippen LogP contribution in [0.15, 0.2) is 103 Å². The lowest BCUT2D eigenvalue weighted by atomic mass is 10.2. The van der Waals surface area contributed by atoms with Crippen LogP contribution in [0, 0.1) is 0 Å². The molecule has 0 fully saturated rings. The van der Waals surface area contributed by atoms with Crippen molar-refractivity contribution in [2.24, 2.45) is 15.3 Å². The van der Waals surface area contributed by atoms with Gasteiger partial charge in [-0.25, -0.2) is 5.43 Å². The lowest BCUT2D eigenvalue weighted by molar-refractivity contribution is 0.0975. The molecule has 0 heterocycles. The molecule has 0 saturated heterocycles. The van der Waals surface area contributed by atoms with E-state index in [-0.39, 0.29) is 11.9 Å². The molecular weight excluding hydrogens is 510 g/mol. The Hall–Kier alpha value is -3.10. The van der Waals surface area contributed by atoms with E-state index in [0.717, 1.165) is 20.1 Å². The largest absolute Gasteiger partial charge is 0.290 e. The number of carbonyl (C=O) groups is 1. The van der Waals surface area contributed by atoms with E-state index in [9.17, 15) is 4.79 Å². The van der Waals surface area contributed by atoms with Crippen LogP contribution in [0.25, 0.3) is 0 Å². The topological polar surface area (TPSA) is 78.2 Å². The lowest BCUT2D eigenvalue weighted by Crippen LogP contribution is -2.38. The molecule has 6 nitrogen and oxygen atoms in total. The Labute approximate surface area is 191 Å². The average molecular weight is 527 g/mol. The van der Waals surface area contributed by atoms with E-state index in [0.29, 0.717) is 5.56 Å². The number of halogens is 2. The minimum atomic E-state index is -0.320. The number of hydrazone groups is 1. The fourth-order valence-corrected chi connectivity index (χ4v) is 2.79. The number of rotatable bonds is 5. The second kappa shape index (κ2) is 11.2. The van der Waals surface area contributed by atoms with Gasteiger partial charge in [0.25, 0.3) is 5.91 Å². The molecule has 0 radical (unpaired) electrons. The van der Waals surface area contributed by atoms with Gasteiger partial charge >= 0.3 is 0 Å². The van der Waals surface area contributed by atoms with Gasteiger partial charge in [-0.05, 0) is 47.5 Å². The smallest absolute Gasteiger partial charge is 0.258 e. The summed E-state index contributed by atoms with van der Waals surface area (Å²) in [6.07, 6.45) is 3.20. The van der Waals surface area contributed by atoms with Crippen LogP contribution < -0.4 is 10.7 Å². The van der Waals surface area contributed by atoms with Crippen molar-refractivity contribution in [3.8, 4) is 0 Å². The number of guanidine groups is 1. The summed E-state index contributed by atoms with van der Waals surface area (Å²) in [6, 6.07) is 24.1. The third kappa shape index (κ3) is 7.06. The quantitative estimate of drug-likeness (QED) is 0.280. The zero-order valence-corrected chi connectivity index (χ0v) is 18.8. The van der Waals surface area contributed by atoms with Gasteiger partial charge in [0.1, 0.15) is 0 Å². The second-order valence-corrected chi connectivity index (χ2v) is 7.82.